The lowest BCUT2D eigenvalue weighted by Crippen LogP contribution is -2.51. The number of H-pyrrole nitrogens is 1. The van der Waals surface area contributed by atoms with E-state index in [0.717, 1.165) is 5.56 Å². The van der Waals surface area contributed by atoms with Gasteiger partial charge in [-0.15, -0.1) is 10.2 Å². The van der Waals surface area contributed by atoms with Crippen LogP contribution in [0.1, 0.15) is 35.4 Å². The molecule has 0 bridgehead atoms. The van der Waals surface area contributed by atoms with E-state index < -0.39 is 0 Å². The van der Waals surface area contributed by atoms with Crippen molar-refractivity contribution in [3.8, 4) is 11.1 Å². The lowest BCUT2D eigenvalue weighted by molar-refractivity contribution is -0.119. The number of pyridine rings is 1. The number of benzene rings is 1. The van der Waals surface area contributed by atoms with Crippen LogP contribution in [-0.4, -0.2) is 70.6 Å². The van der Waals surface area contributed by atoms with E-state index in [9.17, 15) is 14.0 Å². The van der Waals surface area contributed by atoms with Gasteiger partial charge in [0.05, 0.1) is 11.7 Å². The van der Waals surface area contributed by atoms with Crippen LogP contribution in [-0.2, 0) is 11.2 Å². The third-order valence-corrected chi connectivity index (χ3v) is 7.54. The van der Waals surface area contributed by atoms with Crippen molar-refractivity contribution in [3.63, 3.8) is 0 Å². The number of carbonyl (C=O) groups excluding carboxylic acids is 2. The molecule has 2 aliphatic heterocycles. The number of piperidine rings is 1. The predicted octanol–water partition coefficient (Wildman–Crippen LogP) is 2.37. The van der Waals surface area contributed by atoms with Crippen molar-refractivity contribution in [2.24, 2.45) is 0 Å². The number of nitrogens with one attached hydrogen (secondary N) is 1. The number of carbonyl (C=O) groups is 2. The standard InChI is InChI=1S/C26H23FN10O2/c27-16-1-3-20-14(10-16)9-15(11-29-20)19-12-32-37-22(28)18-2-4-21(38)36(24(18)33-25(19)37)17-5-7-35(8-6-17)26(39)23-30-13-31-34-23/h1,3,9-13,17H,2,4-8,28H2,(H,30,31,34). The minimum atomic E-state index is -0.347. The first-order chi connectivity index (χ1) is 19.0. The van der Waals surface area contributed by atoms with E-state index in [1.165, 1.54) is 18.5 Å². The largest absolute Gasteiger partial charge is 0.383 e. The first kappa shape index (κ1) is 23.2. The fourth-order valence-corrected chi connectivity index (χ4v) is 5.56. The molecular formula is C26H23FN10O2. The summed E-state index contributed by atoms with van der Waals surface area (Å²) in [4.78, 5) is 41.5. The Morgan fingerprint density at radius 1 is 1.13 bits per heavy atom. The zero-order valence-corrected chi connectivity index (χ0v) is 20.7. The van der Waals surface area contributed by atoms with Gasteiger partial charge in [-0.1, -0.05) is 0 Å². The van der Waals surface area contributed by atoms with Gasteiger partial charge in [0.25, 0.3) is 5.91 Å². The van der Waals surface area contributed by atoms with E-state index in [1.54, 1.807) is 32.8 Å². The summed E-state index contributed by atoms with van der Waals surface area (Å²) >= 11 is 0. The van der Waals surface area contributed by atoms with Crippen LogP contribution in [0.2, 0.25) is 0 Å². The summed E-state index contributed by atoms with van der Waals surface area (Å²) in [7, 11) is 0. The molecule has 6 heterocycles. The summed E-state index contributed by atoms with van der Waals surface area (Å²) in [5, 5.41) is 12.6. The van der Waals surface area contributed by atoms with Gasteiger partial charge in [0.1, 0.15) is 23.8 Å². The van der Waals surface area contributed by atoms with Gasteiger partial charge < -0.3 is 15.6 Å². The van der Waals surface area contributed by atoms with Gasteiger partial charge in [-0.3, -0.25) is 19.5 Å². The van der Waals surface area contributed by atoms with Gasteiger partial charge in [0, 0.05) is 53.8 Å². The molecule has 12 nitrogen and oxygen atoms in total. The average molecular weight is 527 g/mol. The quantitative estimate of drug-likeness (QED) is 0.364. The van der Waals surface area contributed by atoms with E-state index in [2.05, 4.69) is 25.3 Å². The topological polar surface area (TPSA) is 151 Å². The number of aromatic nitrogens is 7. The molecule has 7 rings (SSSR count). The highest BCUT2D eigenvalue weighted by Gasteiger charge is 2.37. The molecule has 39 heavy (non-hydrogen) atoms. The molecule has 2 aliphatic rings. The Labute approximate surface area is 220 Å². The predicted molar refractivity (Wildman–Crippen MR) is 139 cm³/mol. The number of hydrogen-bond acceptors (Lipinski definition) is 8. The molecule has 0 atom stereocenters. The van der Waals surface area contributed by atoms with Gasteiger partial charge in [0.15, 0.2) is 5.65 Å². The molecule has 0 spiro atoms. The molecule has 5 aromatic rings. The third-order valence-electron chi connectivity index (χ3n) is 7.54. The van der Waals surface area contributed by atoms with Gasteiger partial charge >= 0.3 is 0 Å². The number of rotatable bonds is 3. The first-order valence-corrected chi connectivity index (χ1v) is 12.7. The van der Waals surface area contributed by atoms with Crippen molar-refractivity contribution >= 4 is 40.0 Å². The van der Waals surface area contributed by atoms with Crippen LogP contribution in [0, 0.1) is 5.82 Å². The van der Waals surface area contributed by atoms with E-state index in [-0.39, 0.29) is 29.5 Å². The highest BCUT2D eigenvalue weighted by molar-refractivity contribution is 5.98. The normalized spacial score (nSPS) is 16.3. The summed E-state index contributed by atoms with van der Waals surface area (Å²) < 4.78 is 15.4. The number of nitrogens with zero attached hydrogens (tertiary/aromatic N) is 8. The Kier molecular flexibility index (Phi) is 5.25. The summed E-state index contributed by atoms with van der Waals surface area (Å²) in [5.74, 6) is 0.564. The lowest BCUT2D eigenvalue weighted by atomic mass is 9.97. The smallest absolute Gasteiger partial charge is 0.291 e. The second-order valence-corrected chi connectivity index (χ2v) is 9.78. The van der Waals surface area contributed by atoms with Gasteiger partial charge in [-0.25, -0.2) is 9.37 Å². The maximum absolute atomic E-state index is 13.9. The van der Waals surface area contributed by atoms with Crippen molar-refractivity contribution in [2.45, 2.75) is 31.7 Å². The highest BCUT2D eigenvalue weighted by atomic mass is 19.1. The van der Waals surface area contributed by atoms with E-state index in [4.69, 9.17) is 10.7 Å². The zero-order chi connectivity index (χ0) is 26.7. The van der Waals surface area contributed by atoms with Crippen LogP contribution in [0.5, 0.6) is 0 Å². The highest BCUT2D eigenvalue weighted by Crippen LogP contribution is 2.37. The molecule has 0 radical (unpaired) electrons. The molecule has 2 amide bonds. The SMILES string of the molecule is Nc1c2c(nc3c(-c4cnc5ccc(F)cc5c4)cnn13)N(C1CCN(C(=O)c3nnc[nH]3)CC1)C(=O)CC2. The van der Waals surface area contributed by atoms with Crippen molar-refractivity contribution in [3.05, 3.63) is 60.2 Å². The molecule has 3 N–H and O–H groups in total. The minimum Gasteiger partial charge on any atom is -0.383 e. The minimum absolute atomic E-state index is 0.0253. The average Bonchev–Trinajstić information content (AvgIpc) is 3.63. The molecule has 196 valence electrons. The molecule has 1 saturated heterocycles. The lowest BCUT2D eigenvalue weighted by Gasteiger charge is -2.40. The van der Waals surface area contributed by atoms with Crippen molar-refractivity contribution in [2.75, 3.05) is 23.7 Å². The molecule has 1 aromatic carbocycles. The molecule has 13 heteroatoms. The number of amides is 2. The number of likely N-dealkylation sites (tertiary alicyclic amines) is 1. The number of hydrogen-bond donors (Lipinski definition) is 2. The zero-order valence-electron chi connectivity index (χ0n) is 20.7. The van der Waals surface area contributed by atoms with Crippen molar-refractivity contribution in [1.82, 2.24) is 39.7 Å². The van der Waals surface area contributed by atoms with Crippen LogP contribution in [0.15, 0.2) is 43.0 Å². The van der Waals surface area contributed by atoms with Gasteiger partial charge in [0.2, 0.25) is 11.7 Å². The maximum atomic E-state index is 13.9. The second-order valence-electron chi connectivity index (χ2n) is 9.78. The maximum Gasteiger partial charge on any atom is 0.291 e. The Hall–Kier alpha value is -4.94. The summed E-state index contributed by atoms with van der Waals surface area (Å²) in [6.07, 6.45) is 6.68. The molecular weight excluding hydrogens is 503 g/mol. The fourth-order valence-electron chi connectivity index (χ4n) is 5.56. The van der Waals surface area contributed by atoms with Crippen molar-refractivity contribution in [1.29, 1.82) is 0 Å². The van der Waals surface area contributed by atoms with E-state index >= 15 is 0 Å². The van der Waals surface area contributed by atoms with Gasteiger partial charge in [-0.05, 0) is 43.5 Å². The summed E-state index contributed by atoms with van der Waals surface area (Å²) in [6.45, 7) is 0.941. The number of aromatic amines is 1. The van der Waals surface area contributed by atoms with Crippen molar-refractivity contribution < 1.29 is 14.0 Å². The van der Waals surface area contributed by atoms with Crippen LogP contribution in [0.4, 0.5) is 16.0 Å². The van der Waals surface area contributed by atoms with E-state index in [0.29, 0.717) is 78.1 Å². The molecule has 0 unspecified atom stereocenters. The number of nitrogens with two attached hydrogens (primary N) is 1. The number of fused-ring (bicyclic) bond motifs is 3. The Bertz CT molecular complexity index is 1760. The first-order valence-electron chi connectivity index (χ1n) is 12.7. The number of nitrogen functional groups attached to an aromatic ring is 1. The Morgan fingerprint density at radius 2 is 1.97 bits per heavy atom. The number of halogens is 1. The Morgan fingerprint density at radius 3 is 2.77 bits per heavy atom. The number of anilines is 2. The third kappa shape index (κ3) is 3.76. The second kappa shape index (κ2) is 8.82. The van der Waals surface area contributed by atoms with Crippen LogP contribution in [0.25, 0.3) is 27.7 Å². The van der Waals surface area contributed by atoms with E-state index in [1.807, 2.05) is 6.07 Å². The van der Waals surface area contributed by atoms with Gasteiger partial charge in [-0.2, -0.15) is 9.61 Å². The molecule has 0 saturated carbocycles. The monoisotopic (exact) mass is 526 g/mol. The van der Waals surface area contributed by atoms with Crippen LogP contribution < -0.4 is 10.6 Å². The molecule has 4 aromatic heterocycles. The summed E-state index contributed by atoms with van der Waals surface area (Å²) in [5.41, 5.74) is 9.90. The Balaban J connectivity index is 1.25. The van der Waals surface area contributed by atoms with Crippen LogP contribution >= 0.6 is 0 Å². The fraction of sp³-hybridized carbons (Fsp3) is 0.269. The molecule has 1 fully saturated rings. The van der Waals surface area contributed by atoms with Crippen LogP contribution in [0.3, 0.4) is 0 Å². The molecule has 0 aliphatic carbocycles. The summed E-state index contributed by atoms with van der Waals surface area (Å²) in [6, 6.07) is 6.14.